The van der Waals surface area contributed by atoms with Gasteiger partial charge in [0, 0.05) is 13.1 Å². The van der Waals surface area contributed by atoms with E-state index in [4.69, 9.17) is 0 Å². The minimum Gasteiger partial charge on any atom is -0.390 e. The Hall–Kier alpha value is -1.81. The second-order valence-corrected chi connectivity index (χ2v) is 5.34. The molecule has 2 heterocycles. The zero-order valence-corrected chi connectivity index (χ0v) is 11.9. The summed E-state index contributed by atoms with van der Waals surface area (Å²) in [5.41, 5.74) is 0.729. The summed E-state index contributed by atoms with van der Waals surface area (Å²) in [6.45, 7) is 0.733. The minimum atomic E-state index is -0.751. The third-order valence-electron chi connectivity index (χ3n) is 2.87. The Balaban J connectivity index is 1.71. The zero-order chi connectivity index (χ0) is 15.2. The number of hydrogen-bond acceptors (Lipinski definition) is 7. The molecule has 2 aromatic rings. The van der Waals surface area contributed by atoms with Gasteiger partial charge >= 0.3 is 5.69 Å². The summed E-state index contributed by atoms with van der Waals surface area (Å²) in [4.78, 5) is 9.97. The molecule has 0 saturated heterocycles. The van der Waals surface area contributed by atoms with Crippen molar-refractivity contribution in [3.8, 4) is 0 Å². The number of nitro groups is 1. The van der Waals surface area contributed by atoms with E-state index in [0.717, 1.165) is 11.8 Å². The van der Waals surface area contributed by atoms with E-state index in [0.29, 0.717) is 6.54 Å². The minimum absolute atomic E-state index is 0.108. The van der Waals surface area contributed by atoms with E-state index in [2.05, 4.69) is 10.4 Å². The quantitative estimate of drug-likeness (QED) is 0.484. The number of nitrogens with one attached hydrogen (secondary N) is 1. The van der Waals surface area contributed by atoms with Gasteiger partial charge < -0.3 is 15.5 Å². The molecule has 2 aromatic heterocycles. The van der Waals surface area contributed by atoms with Gasteiger partial charge in [0.05, 0.1) is 23.7 Å². The van der Waals surface area contributed by atoms with Gasteiger partial charge in [-0.05, 0) is 22.4 Å². The highest BCUT2D eigenvalue weighted by molar-refractivity contribution is 7.07. The van der Waals surface area contributed by atoms with Crippen LogP contribution in [0, 0.1) is 10.1 Å². The summed E-state index contributed by atoms with van der Waals surface area (Å²) in [5.74, 6) is 0. The molecule has 9 heteroatoms. The number of aliphatic hydroxyl groups is 2. The molecule has 114 valence electrons. The first kappa shape index (κ1) is 15.6. The zero-order valence-electron chi connectivity index (χ0n) is 11.1. The maximum atomic E-state index is 10.5. The van der Waals surface area contributed by atoms with Crippen LogP contribution in [0.25, 0.3) is 0 Å². The Kier molecular flexibility index (Phi) is 5.39. The van der Waals surface area contributed by atoms with Gasteiger partial charge in [-0.3, -0.25) is 14.8 Å². The summed E-state index contributed by atoms with van der Waals surface area (Å²) in [5, 5.41) is 40.7. The first-order chi connectivity index (χ1) is 10.1. The van der Waals surface area contributed by atoms with Crippen molar-refractivity contribution in [2.24, 2.45) is 0 Å². The molecule has 0 radical (unpaired) electrons. The number of aliphatic hydroxyl groups excluding tert-OH is 2. The van der Waals surface area contributed by atoms with Crippen molar-refractivity contribution in [3.63, 3.8) is 0 Å². The van der Waals surface area contributed by atoms with Crippen molar-refractivity contribution in [3.05, 3.63) is 44.9 Å². The predicted molar refractivity (Wildman–Crippen MR) is 77.0 cm³/mol. The van der Waals surface area contributed by atoms with Gasteiger partial charge in [0.2, 0.25) is 0 Å². The lowest BCUT2D eigenvalue weighted by Gasteiger charge is -2.14. The Bertz CT molecular complexity index is 572. The summed E-state index contributed by atoms with van der Waals surface area (Å²) < 4.78 is 1.32. The van der Waals surface area contributed by atoms with Crippen molar-refractivity contribution < 1.29 is 15.1 Å². The first-order valence-corrected chi connectivity index (χ1v) is 7.26. The van der Waals surface area contributed by atoms with E-state index < -0.39 is 17.1 Å². The number of rotatable bonds is 8. The van der Waals surface area contributed by atoms with E-state index in [1.165, 1.54) is 22.2 Å². The van der Waals surface area contributed by atoms with Crippen LogP contribution in [0.1, 0.15) is 11.7 Å². The molecule has 2 unspecified atom stereocenters. The van der Waals surface area contributed by atoms with Crippen LogP contribution in [0.2, 0.25) is 0 Å². The molecular weight excluding hydrogens is 296 g/mol. The van der Waals surface area contributed by atoms with E-state index in [1.54, 1.807) is 0 Å². The molecule has 2 rings (SSSR count). The molecule has 0 fully saturated rings. The van der Waals surface area contributed by atoms with Crippen LogP contribution in [0.3, 0.4) is 0 Å². The Morgan fingerprint density at radius 1 is 1.48 bits per heavy atom. The van der Waals surface area contributed by atoms with E-state index in [9.17, 15) is 20.3 Å². The number of nitrogens with zero attached hydrogens (tertiary/aromatic N) is 3. The molecule has 0 aliphatic heterocycles. The Morgan fingerprint density at radius 2 is 2.29 bits per heavy atom. The lowest BCUT2D eigenvalue weighted by Crippen LogP contribution is -2.32. The standard InChI is InChI=1S/C12H16N4O4S/c17-11(7-15-6-10(3-14-15)16(19)20)4-13-5-12(18)9-1-2-21-8-9/h1-3,6,8,11-13,17-18H,4-5,7H2. The van der Waals surface area contributed by atoms with E-state index in [1.807, 2.05) is 16.8 Å². The van der Waals surface area contributed by atoms with Crippen LogP contribution in [-0.4, -0.2) is 44.1 Å². The molecule has 21 heavy (non-hydrogen) atoms. The lowest BCUT2D eigenvalue weighted by molar-refractivity contribution is -0.385. The Labute approximate surface area is 124 Å². The predicted octanol–water partition coefficient (Wildman–Crippen LogP) is 0.537. The molecule has 3 N–H and O–H groups in total. The average molecular weight is 312 g/mol. The molecule has 0 spiro atoms. The normalized spacial score (nSPS) is 14.0. The van der Waals surface area contributed by atoms with Gasteiger partial charge in [-0.2, -0.15) is 16.4 Å². The molecular formula is C12H16N4O4S. The maximum absolute atomic E-state index is 10.5. The second-order valence-electron chi connectivity index (χ2n) is 4.56. The van der Waals surface area contributed by atoms with Crippen LogP contribution < -0.4 is 5.32 Å². The van der Waals surface area contributed by atoms with Gasteiger partial charge in [-0.15, -0.1) is 0 Å². The fourth-order valence-corrected chi connectivity index (χ4v) is 2.50. The first-order valence-electron chi connectivity index (χ1n) is 6.32. The smallest absolute Gasteiger partial charge is 0.306 e. The summed E-state index contributed by atoms with van der Waals surface area (Å²) in [7, 11) is 0. The SMILES string of the molecule is O=[N+]([O-])c1cnn(CC(O)CNCC(O)c2ccsc2)c1. The molecule has 0 aromatic carbocycles. The molecule has 0 aliphatic carbocycles. The van der Waals surface area contributed by atoms with Crippen LogP contribution >= 0.6 is 11.3 Å². The fourth-order valence-electron chi connectivity index (χ4n) is 1.80. The molecule has 0 aliphatic rings. The highest BCUT2D eigenvalue weighted by Gasteiger charge is 2.13. The number of hydrogen-bond donors (Lipinski definition) is 3. The monoisotopic (exact) mass is 312 g/mol. The van der Waals surface area contributed by atoms with Crippen molar-refractivity contribution in [2.75, 3.05) is 13.1 Å². The summed E-state index contributed by atoms with van der Waals surface area (Å²) >= 11 is 1.51. The number of aromatic nitrogens is 2. The summed E-state index contributed by atoms with van der Waals surface area (Å²) in [6.07, 6.45) is 1.04. The van der Waals surface area contributed by atoms with Crippen LogP contribution in [0.4, 0.5) is 5.69 Å². The van der Waals surface area contributed by atoms with Crippen molar-refractivity contribution in [1.82, 2.24) is 15.1 Å². The third-order valence-corrected chi connectivity index (χ3v) is 3.58. The largest absolute Gasteiger partial charge is 0.390 e. The fraction of sp³-hybridized carbons (Fsp3) is 0.417. The van der Waals surface area contributed by atoms with Crippen LogP contribution in [0.15, 0.2) is 29.2 Å². The number of thiophene rings is 1. The molecule has 8 nitrogen and oxygen atoms in total. The topological polar surface area (TPSA) is 113 Å². The molecule has 0 saturated carbocycles. The molecule has 0 bridgehead atoms. The second kappa shape index (κ2) is 7.27. The highest BCUT2D eigenvalue weighted by atomic mass is 32.1. The third kappa shape index (κ3) is 4.60. The molecule has 0 amide bonds. The van der Waals surface area contributed by atoms with Gasteiger partial charge in [0.1, 0.15) is 12.4 Å². The van der Waals surface area contributed by atoms with Crippen LogP contribution in [-0.2, 0) is 6.54 Å². The van der Waals surface area contributed by atoms with Crippen molar-refractivity contribution >= 4 is 17.0 Å². The van der Waals surface area contributed by atoms with Gasteiger partial charge in [0.15, 0.2) is 0 Å². The highest BCUT2D eigenvalue weighted by Crippen LogP contribution is 2.15. The van der Waals surface area contributed by atoms with Crippen molar-refractivity contribution in [2.45, 2.75) is 18.8 Å². The van der Waals surface area contributed by atoms with Crippen LogP contribution in [0.5, 0.6) is 0 Å². The van der Waals surface area contributed by atoms with E-state index >= 15 is 0 Å². The van der Waals surface area contributed by atoms with E-state index in [-0.39, 0.29) is 18.8 Å². The van der Waals surface area contributed by atoms with Gasteiger partial charge in [0.25, 0.3) is 0 Å². The maximum Gasteiger partial charge on any atom is 0.306 e. The average Bonchev–Trinajstić information content (AvgIpc) is 3.09. The summed E-state index contributed by atoms with van der Waals surface area (Å²) in [6, 6.07) is 1.84. The van der Waals surface area contributed by atoms with Gasteiger partial charge in [-0.25, -0.2) is 0 Å². The van der Waals surface area contributed by atoms with Crippen molar-refractivity contribution in [1.29, 1.82) is 0 Å². The van der Waals surface area contributed by atoms with Gasteiger partial charge in [-0.1, -0.05) is 0 Å². The Morgan fingerprint density at radius 3 is 2.90 bits per heavy atom. The lowest BCUT2D eigenvalue weighted by atomic mass is 10.2. The molecule has 2 atom stereocenters.